The number of hydrogen-bond acceptors (Lipinski definition) is 8. The van der Waals surface area contributed by atoms with Crippen LogP contribution in [0.4, 0.5) is 5.69 Å². The van der Waals surface area contributed by atoms with Gasteiger partial charge in [0.25, 0.3) is 10.0 Å². The lowest BCUT2D eigenvalue weighted by atomic mass is 9.81. The first-order valence-corrected chi connectivity index (χ1v) is 17.5. The fraction of sp³-hybridized carbons (Fsp3) is 0.324. The molecule has 9 nitrogen and oxygen atoms in total. The van der Waals surface area contributed by atoms with Gasteiger partial charge in [-0.1, -0.05) is 60.7 Å². The van der Waals surface area contributed by atoms with Crippen molar-refractivity contribution >= 4 is 21.7 Å². The molecule has 0 aromatic heterocycles. The van der Waals surface area contributed by atoms with Gasteiger partial charge in [-0.3, -0.25) is 4.72 Å². The third-order valence-electron chi connectivity index (χ3n) is 8.19. The molecule has 0 unspecified atom stereocenters. The zero-order valence-corrected chi connectivity index (χ0v) is 27.3. The summed E-state index contributed by atoms with van der Waals surface area (Å²) in [5.74, 6) is 0.892. The molecule has 1 aliphatic rings. The number of hydrogen-bond donors (Lipinski definition) is 3. The highest BCUT2D eigenvalue weighted by atomic mass is 32.2. The first-order chi connectivity index (χ1) is 22.8. The molecule has 248 valence electrons. The summed E-state index contributed by atoms with van der Waals surface area (Å²) in [6.07, 6.45) is 3.23. The molecule has 0 heterocycles. The lowest BCUT2D eigenvalue weighted by Gasteiger charge is -2.30. The minimum Gasteiger partial charge on any atom is -0.491 e. The second-order valence-electron chi connectivity index (χ2n) is 11.6. The zero-order valence-electron chi connectivity index (χ0n) is 26.5. The third-order valence-corrected chi connectivity index (χ3v) is 9.57. The molecule has 3 N–H and O–H groups in total. The first kappa shape index (κ1) is 34.0. The number of nitrogens with one attached hydrogen (secondary N) is 2. The number of carbonyl (C=O) groups is 1. The van der Waals surface area contributed by atoms with E-state index in [-0.39, 0.29) is 29.8 Å². The predicted molar refractivity (Wildman–Crippen MR) is 181 cm³/mol. The van der Waals surface area contributed by atoms with Crippen LogP contribution >= 0.6 is 0 Å². The molecule has 0 saturated heterocycles. The van der Waals surface area contributed by atoms with Crippen LogP contribution in [-0.2, 0) is 21.4 Å². The second kappa shape index (κ2) is 16.4. The van der Waals surface area contributed by atoms with Crippen LogP contribution in [0.5, 0.6) is 11.5 Å². The summed E-state index contributed by atoms with van der Waals surface area (Å²) in [4.78, 5) is 12.1. The molecule has 1 saturated carbocycles. The van der Waals surface area contributed by atoms with E-state index in [9.17, 15) is 18.3 Å². The maximum absolute atomic E-state index is 13.1. The second-order valence-corrected chi connectivity index (χ2v) is 13.3. The van der Waals surface area contributed by atoms with Gasteiger partial charge in [0.2, 0.25) is 0 Å². The summed E-state index contributed by atoms with van der Waals surface area (Å²) in [6, 6.07) is 30.6. The van der Waals surface area contributed by atoms with Gasteiger partial charge in [0.05, 0.1) is 22.8 Å². The van der Waals surface area contributed by atoms with Crippen molar-refractivity contribution in [3.63, 3.8) is 0 Å². The number of sulfonamides is 1. The van der Waals surface area contributed by atoms with E-state index in [1.165, 1.54) is 17.7 Å². The quantitative estimate of drug-likeness (QED) is 0.127. The molecule has 0 aliphatic heterocycles. The third kappa shape index (κ3) is 9.81. The minimum atomic E-state index is -3.88. The van der Waals surface area contributed by atoms with Crippen LogP contribution in [0.1, 0.15) is 60.0 Å². The van der Waals surface area contributed by atoms with E-state index in [0.717, 1.165) is 31.2 Å². The van der Waals surface area contributed by atoms with Gasteiger partial charge in [-0.2, -0.15) is 0 Å². The molecule has 4 aromatic carbocycles. The van der Waals surface area contributed by atoms with Crippen molar-refractivity contribution in [2.75, 3.05) is 24.5 Å². The summed E-state index contributed by atoms with van der Waals surface area (Å²) >= 11 is 0. The summed E-state index contributed by atoms with van der Waals surface area (Å²) in [6.45, 7) is 2.82. The monoisotopic (exact) mass is 658 g/mol. The highest BCUT2D eigenvalue weighted by Crippen LogP contribution is 2.34. The van der Waals surface area contributed by atoms with E-state index in [1.54, 1.807) is 43.3 Å². The SMILES string of the molecule is CCOC(=O)c1ccc(C2CCC(NC[C@H](O)COc3ccc(OCc4ccccc4)c(NS(=O)(=O)c4ccccc4)c3)CC2)cc1. The molecule has 5 rings (SSSR count). The summed E-state index contributed by atoms with van der Waals surface area (Å²) < 4.78 is 45.8. The average Bonchev–Trinajstić information content (AvgIpc) is 3.10. The molecular formula is C37H42N2O7S. The smallest absolute Gasteiger partial charge is 0.338 e. The number of esters is 1. The number of aliphatic hydroxyl groups excluding tert-OH is 1. The molecule has 4 aromatic rings. The molecule has 1 atom stereocenters. The van der Waals surface area contributed by atoms with Gasteiger partial charge in [-0.25, -0.2) is 13.2 Å². The zero-order chi connectivity index (χ0) is 33.1. The Morgan fingerprint density at radius 1 is 0.872 bits per heavy atom. The standard InChI is InChI=1S/C37H42N2O7S/c1-2-44-37(41)30-15-13-28(14-16-30)29-17-19-31(20-18-29)38-24-32(40)26-45-33-21-22-36(46-25-27-9-5-3-6-10-27)35(23-33)39-47(42,43)34-11-7-4-8-12-34/h3-16,21-23,29,31-32,38-40H,2,17-20,24-26H2,1H3/t29?,31?,32-/m0/s1. The Morgan fingerprint density at radius 3 is 2.23 bits per heavy atom. The Kier molecular flexibility index (Phi) is 11.9. The summed E-state index contributed by atoms with van der Waals surface area (Å²) in [5.41, 5.74) is 2.98. The minimum absolute atomic E-state index is 0.0320. The fourth-order valence-electron chi connectivity index (χ4n) is 5.63. The number of anilines is 1. The Balaban J connectivity index is 1.13. The Labute approximate surface area is 276 Å². The van der Waals surface area contributed by atoms with E-state index in [4.69, 9.17) is 14.2 Å². The topological polar surface area (TPSA) is 123 Å². The normalized spacial score (nSPS) is 17.0. The van der Waals surface area contributed by atoms with Gasteiger partial charge < -0.3 is 24.6 Å². The molecular weight excluding hydrogens is 616 g/mol. The van der Waals surface area contributed by atoms with Crippen LogP contribution < -0.4 is 19.5 Å². The molecule has 47 heavy (non-hydrogen) atoms. The lowest BCUT2D eigenvalue weighted by Crippen LogP contribution is -2.39. The van der Waals surface area contributed by atoms with Gasteiger partial charge in [0, 0.05) is 18.7 Å². The maximum Gasteiger partial charge on any atom is 0.338 e. The van der Waals surface area contributed by atoms with Crippen LogP contribution in [0.2, 0.25) is 0 Å². The highest BCUT2D eigenvalue weighted by Gasteiger charge is 2.23. The van der Waals surface area contributed by atoms with E-state index in [2.05, 4.69) is 10.0 Å². The van der Waals surface area contributed by atoms with E-state index >= 15 is 0 Å². The summed E-state index contributed by atoms with van der Waals surface area (Å²) in [7, 11) is -3.88. The Bertz CT molecular complexity index is 1680. The van der Waals surface area contributed by atoms with E-state index in [0.29, 0.717) is 42.2 Å². The molecule has 1 aliphatic carbocycles. The molecule has 1 fully saturated rings. The maximum atomic E-state index is 13.1. The number of benzene rings is 4. The van der Waals surface area contributed by atoms with Crippen LogP contribution in [0.3, 0.4) is 0 Å². The van der Waals surface area contributed by atoms with Gasteiger partial charge >= 0.3 is 5.97 Å². The number of carbonyl (C=O) groups excluding carboxylic acids is 1. The average molecular weight is 659 g/mol. The van der Waals surface area contributed by atoms with Crippen molar-refractivity contribution in [1.29, 1.82) is 0 Å². The van der Waals surface area contributed by atoms with Crippen molar-refractivity contribution in [2.45, 2.75) is 62.2 Å². The van der Waals surface area contributed by atoms with Crippen LogP contribution in [0.25, 0.3) is 0 Å². The van der Waals surface area contributed by atoms with Crippen LogP contribution in [-0.4, -0.2) is 51.4 Å². The van der Waals surface area contributed by atoms with Crippen molar-refractivity contribution in [1.82, 2.24) is 5.32 Å². The van der Waals surface area contributed by atoms with E-state index in [1.807, 2.05) is 54.6 Å². The number of rotatable bonds is 15. The number of aliphatic hydroxyl groups is 1. The van der Waals surface area contributed by atoms with Crippen LogP contribution in [0, 0.1) is 0 Å². The van der Waals surface area contributed by atoms with Crippen LogP contribution in [0.15, 0.2) is 108 Å². The largest absolute Gasteiger partial charge is 0.491 e. The lowest BCUT2D eigenvalue weighted by molar-refractivity contribution is 0.0526. The molecule has 0 amide bonds. The number of ether oxygens (including phenoxy) is 3. The fourth-order valence-corrected chi connectivity index (χ4v) is 6.72. The molecule has 0 bridgehead atoms. The van der Waals surface area contributed by atoms with Gasteiger partial charge in [0.15, 0.2) is 0 Å². The Morgan fingerprint density at radius 2 is 1.55 bits per heavy atom. The van der Waals surface area contributed by atoms with Gasteiger partial charge in [-0.05, 0) is 86.1 Å². The highest BCUT2D eigenvalue weighted by molar-refractivity contribution is 7.92. The predicted octanol–water partition coefficient (Wildman–Crippen LogP) is 6.30. The van der Waals surface area contributed by atoms with Gasteiger partial charge in [0.1, 0.15) is 30.8 Å². The van der Waals surface area contributed by atoms with Crippen molar-refractivity contribution in [2.24, 2.45) is 0 Å². The molecule has 0 radical (unpaired) electrons. The molecule has 10 heteroatoms. The Hall–Kier alpha value is -4.38. The summed E-state index contributed by atoms with van der Waals surface area (Å²) in [5, 5.41) is 14.2. The van der Waals surface area contributed by atoms with Crippen molar-refractivity contribution in [3.05, 3.63) is 120 Å². The van der Waals surface area contributed by atoms with Gasteiger partial charge in [-0.15, -0.1) is 0 Å². The van der Waals surface area contributed by atoms with E-state index < -0.39 is 16.1 Å². The van der Waals surface area contributed by atoms with Crippen molar-refractivity contribution < 1.29 is 32.5 Å². The first-order valence-electron chi connectivity index (χ1n) is 16.0. The molecule has 0 spiro atoms. The van der Waals surface area contributed by atoms with Crippen molar-refractivity contribution in [3.8, 4) is 11.5 Å².